The number of carbonyl (C=O) groups is 2. The molecule has 106 valence electrons. The third-order valence-corrected chi connectivity index (χ3v) is 2.85. The third kappa shape index (κ3) is 2.82. The van der Waals surface area contributed by atoms with E-state index in [1.165, 1.54) is 11.8 Å². The number of carbonyl (C=O) groups excluding carboxylic acids is 2. The minimum atomic E-state index is -0.515. The highest BCUT2D eigenvalue weighted by Crippen LogP contribution is 2.21. The molecular formula is C15H17NO4. The summed E-state index contributed by atoms with van der Waals surface area (Å²) in [6.07, 6.45) is 1.10. The van der Waals surface area contributed by atoms with Gasteiger partial charge in [-0.05, 0) is 19.9 Å². The van der Waals surface area contributed by atoms with Gasteiger partial charge in [-0.25, -0.2) is 0 Å². The Morgan fingerprint density at radius 2 is 1.95 bits per heavy atom. The summed E-state index contributed by atoms with van der Waals surface area (Å²) in [5.41, 5.74) is 1.25. The fourth-order valence-electron chi connectivity index (χ4n) is 2.05. The molecule has 0 N–H and O–H groups in total. The Morgan fingerprint density at radius 3 is 2.60 bits per heavy atom. The molecule has 1 aromatic carbocycles. The molecule has 20 heavy (non-hydrogen) atoms. The summed E-state index contributed by atoms with van der Waals surface area (Å²) in [5.74, 6) is -0.790. The van der Waals surface area contributed by atoms with Gasteiger partial charge in [-0.1, -0.05) is 18.2 Å². The molecule has 0 aliphatic heterocycles. The average molecular weight is 275 g/mol. The zero-order chi connectivity index (χ0) is 14.7. The Labute approximate surface area is 117 Å². The molecule has 5 heteroatoms. The molecule has 0 amide bonds. The first kappa shape index (κ1) is 14.1. The summed E-state index contributed by atoms with van der Waals surface area (Å²) in [7, 11) is 1.52. The van der Waals surface area contributed by atoms with E-state index in [1.54, 1.807) is 20.0 Å². The highest BCUT2D eigenvalue weighted by atomic mass is 16.6. The maximum atomic E-state index is 12.2. The van der Waals surface area contributed by atoms with Gasteiger partial charge in [0.15, 0.2) is 5.78 Å². The maximum absolute atomic E-state index is 12.2. The molecule has 0 saturated carbocycles. The zero-order valence-corrected chi connectivity index (χ0v) is 11.8. The van der Waals surface area contributed by atoms with E-state index in [-0.39, 0.29) is 18.3 Å². The minimum Gasteiger partial charge on any atom is -0.463 e. The van der Waals surface area contributed by atoms with E-state index in [0.29, 0.717) is 5.56 Å². The largest absolute Gasteiger partial charge is 0.463 e. The number of benzene rings is 1. The molecule has 0 saturated heterocycles. The van der Waals surface area contributed by atoms with Crippen LogP contribution in [-0.4, -0.2) is 29.7 Å². The molecule has 2 rings (SSSR count). The second-order valence-corrected chi connectivity index (χ2v) is 4.71. The number of esters is 1. The topological polar surface area (TPSA) is 57.5 Å². The summed E-state index contributed by atoms with van der Waals surface area (Å²) in [6, 6.07) is 7.37. The molecule has 0 atom stereocenters. The number of Topliss-reactive ketones (excluding diaryl/α,β-unsaturated/α-hetero) is 1. The van der Waals surface area contributed by atoms with Gasteiger partial charge in [0, 0.05) is 10.9 Å². The van der Waals surface area contributed by atoms with Crippen LogP contribution in [0.5, 0.6) is 0 Å². The molecule has 5 nitrogen and oxygen atoms in total. The van der Waals surface area contributed by atoms with Crippen LogP contribution >= 0.6 is 0 Å². The third-order valence-electron chi connectivity index (χ3n) is 2.85. The van der Waals surface area contributed by atoms with Crippen molar-refractivity contribution in [3.63, 3.8) is 0 Å². The van der Waals surface area contributed by atoms with Gasteiger partial charge in [0.25, 0.3) is 0 Å². The Hall–Kier alpha value is -2.30. The van der Waals surface area contributed by atoms with Crippen molar-refractivity contribution in [2.75, 3.05) is 7.11 Å². The van der Waals surface area contributed by atoms with Gasteiger partial charge in [0.2, 0.25) is 0 Å². The molecule has 1 heterocycles. The molecular weight excluding hydrogens is 258 g/mol. The van der Waals surface area contributed by atoms with Gasteiger partial charge in [-0.3, -0.25) is 9.59 Å². The van der Waals surface area contributed by atoms with Crippen molar-refractivity contribution in [1.29, 1.82) is 0 Å². The van der Waals surface area contributed by atoms with Crippen molar-refractivity contribution in [2.45, 2.75) is 26.4 Å². The highest BCUT2D eigenvalue weighted by molar-refractivity contribution is 6.13. The van der Waals surface area contributed by atoms with Crippen molar-refractivity contribution in [3.8, 4) is 0 Å². The first-order valence-electron chi connectivity index (χ1n) is 6.40. The average Bonchev–Trinajstić information content (AvgIpc) is 2.76. The number of ether oxygens (including phenoxy) is 1. The van der Waals surface area contributed by atoms with E-state index in [2.05, 4.69) is 0 Å². The summed E-state index contributed by atoms with van der Waals surface area (Å²) >= 11 is 0. The Balaban J connectivity index is 2.28. The normalized spacial score (nSPS) is 10.8. The number of fused-ring (bicyclic) bond motifs is 1. The molecule has 0 unspecified atom stereocenters. The molecule has 0 spiro atoms. The van der Waals surface area contributed by atoms with Crippen LogP contribution in [0.1, 0.15) is 30.6 Å². The SMILES string of the molecule is COn1cc(C(=O)CC(=O)OC(C)C)c2ccccc21. The molecule has 0 radical (unpaired) electrons. The first-order chi connectivity index (χ1) is 9.52. The fraction of sp³-hybridized carbons (Fsp3) is 0.333. The predicted molar refractivity (Wildman–Crippen MR) is 74.6 cm³/mol. The quantitative estimate of drug-likeness (QED) is 0.477. The second kappa shape index (κ2) is 5.77. The van der Waals surface area contributed by atoms with Crippen LogP contribution in [0.25, 0.3) is 10.9 Å². The van der Waals surface area contributed by atoms with Crippen LogP contribution in [0, 0.1) is 0 Å². The summed E-state index contributed by atoms with van der Waals surface area (Å²) in [4.78, 5) is 29.0. The highest BCUT2D eigenvalue weighted by Gasteiger charge is 2.19. The van der Waals surface area contributed by atoms with Crippen LogP contribution in [0.2, 0.25) is 0 Å². The Morgan fingerprint density at radius 1 is 1.25 bits per heavy atom. The van der Waals surface area contributed by atoms with Crippen molar-refractivity contribution < 1.29 is 19.2 Å². The van der Waals surface area contributed by atoms with E-state index in [0.717, 1.165) is 10.9 Å². The number of aromatic nitrogens is 1. The van der Waals surface area contributed by atoms with Gasteiger partial charge in [-0.2, -0.15) is 4.73 Å². The molecule has 0 aliphatic carbocycles. The number of hydrogen-bond donors (Lipinski definition) is 0. The van der Waals surface area contributed by atoms with Gasteiger partial charge in [0.1, 0.15) is 13.5 Å². The van der Waals surface area contributed by atoms with Crippen molar-refractivity contribution in [2.24, 2.45) is 0 Å². The Bertz CT molecular complexity index is 642. The minimum absolute atomic E-state index is 0.226. The predicted octanol–water partition coefficient (Wildman–Crippen LogP) is 2.22. The van der Waals surface area contributed by atoms with E-state index in [4.69, 9.17) is 9.57 Å². The fourth-order valence-corrected chi connectivity index (χ4v) is 2.05. The van der Waals surface area contributed by atoms with Crippen molar-refractivity contribution in [3.05, 3.63) is 36.0 Å². The number of hydrogen-bond acceptors (Lipinski definition) is 4. The molecule has 0 bridgehead atoms. The zero-order valence-electron chi connectivity index (χ0n) is 11.8. The van der Waals surface area contributed by atoms with Crippen molar-refractivity contribution >= 4 is 22.7 Å². The monoisotopic (exact) mass is 275 g/mol. The summed E-state index contributed by atoms with van der Waals surface area (Å²) < 4.78 is 6.50. The first-order valence-corrected chi connectivity index (χ1v) is 6.40. The van der Waals surface area contributed by atoms with Crippen LogP contribution in [0.15, 0.2) is 30.5 Å². The smallest absolute Gasteiger partial charge is 0.313 e. The van der Waals surface area contributed by atoms with Crippen molar-refractivity contribution in [1.82, 2.24) is 4.73 Å². The Kier molecular flexibility index (Phi) is 4.08. The lowest BCUT2D eigenvalue weighted by Crippen LogP contribution is -2.15. The lowest BCUT2D eigenvalue weighted by Gasteiger charge is -2.06. The van der Waals surface area contributed by atoms with E-state index in [1.807, 2.05) is 24.3 Å². The lowest BCUT2D eigenvalue weighted by molar-refractivity contribution is -0.146. The maximum Gasteiger partial charge on any atom is 0.313 e. The van der Waals surface area contributed by atoms with Crippen LogP contribution in [0.3, 0.4) is 0 Å². The number of ketones is 1. The van der Waals surface area contributed by atoms with Crippen LogP contribution in [-0.2, 0) is 9.53 Å². The van der Waals surface area contributed by atoms with Gasteiger partial charge in [-0.15, -0.1) is 0 Å². The van der Waals surface area contributed by atoms with Crippen LogP contribution in [0.4, 0.5) is 0 Å². The standard InChI is InChI=1S/C15H17NO4/c1-10(2)20-15(18)8-14(17)12-9-16(19-3)13-7-5-4-6-11(12)13/h4-7,9-10H,8H2,1-3H3. The van der Waals surface area contributed by atoms with E-state index >= 15 is 0 Å². The van der Waals surface area contributed by atoms with Crippen LogP contribution < -0.4 is 4.84 Å². The van der Waals surface area contributed by atoms with E-state index in [9.17, 15) is 9.59 Å². The molecule has 2 aromatic rings. The summed E-state index contributed by atoms with van der Waals surface area (Å²) in [5, 5.41) is 0.761. The second-order valence-electron chi connectivity index (χ2n) is 4.71. The molecule has 0 aliphatic rings. The molecule has 0 fully saturated rings. The number of rotatable bonds is 5. The van der Waals surface area contributed by atoms with Gasteiger partial charge >= 0.3 is 5.97 Å². The van der Waals surface area contributed by atoms with Gasteiger partial charge in [0.05, 0.1) is 17.8 Å². The lowest BCUT2D eigenvalue weighted by atomic mass is 10.1. The van der Waals surface area contributed by atoms with E-state index < -0.39 is 5.97 Å². The molecule has 1 aromatic heterocycles. The summed E-state index contributed by atoms with van der Waals surface area (Å²) in [6.45, 7) is 3.50. The number of nitrogens with zero attached hydrogens (tertiary/aromatic N) is 1. The number of para-hydroxylation sites is 1. The van der Waals surface area contributed by atoms with Gasteiger partial charge < -0.3 is 9.57 Å².